The lowest BCUT2D eigenvalue weighted by Gasteiger charge is -2.13. The van der Waals surface area contributed by atoms with Gasteiger partial charge in [0.15, 0.2) is 0 Å². The first-order valence-electron chi connectivity index (χ1n) is 6.83. The van der Waals surface area contributed by atoms with Crippen molar-refractivity contribution in [3.8, 4) is 0 Å². The summed E-state index contributed by atoms with van der Waals surface area (Å²) in [5.41, 5.74) is 1.88. The van der Waals surface area contributed by atoms with Crippen LogP contribution in [0.4, 0.5) is 0 Å². The van der Waals surface area contributed by atoms with Crippen LogP contribution < -0.4 is 10.0 Å². The van der Waals surface area contributed by atoms with Gasteiger partial charge >= 0.3 is 0 Å². The minimum absolute atomic E-state index is 0.406. The maximum Gasteiger partial charge on any atom is 0.240 e. The molecule has 0 saturated heterocycles. The molecule has 0 unspecified atom stereocenters. The largest absolute Gasteiger partial charge is 0.313 e. The van der Waals surface area contributed by atoms with Gasteiger partial charge in [-0.2, -0.15) is 0 Å². The van der Waals surface area contributed by atoms with Crippen LogP contribution in [0.25, 0.3) is 0 Å². The fourth-order valence-electron chi connectivity index (χ4n) is 2.03. The third kappa shape index (κ3) is 3.78. The van der Waals surface area contributed by atoms with E-state index in [1.54, 1.807) is 6.07 Å². The molecule has 106 valence electrons. The lowest BCUT2D eigenvalue weighted by Crippen LogP contribution is -2.27. The van der Waals surface area contributed by atoms with E-state index in [1.807, 2.05) is 26.0 Å². The monoisotopic (exact) mass is 282 g/mol. The van der Waals surface area contributed by atoms with Crippen molar-refractivity contribution >= 4 is 10.0 Å². The van der Waals surface area contributed by atoms with Crippen molar-refractivity contribution in [2.24, 2.45) is 5.92 Å². The zero-order valence-corrected chi connectivity index (χ0v) is 12.4. The Hall–Kier alpha value is -0.910. The van der Waals surface area contributed by atoms with Gasteiger partial charge in [0.05, 0.1) is 4.90 Å². The van der Waals surface area contributed by atoms with Gasteiger partial charge in [0.25, 0.3) is 0 Å². The van der Waals surface area contributed by atoms with Crippen molar-refractivity contribution in [2.45, 2.75) is 38.1 Å². The summed E-state index contributed by atoms with van der Waals surface area (Å²) < 4.78 is 27.3. The molecule has 5 heteroatoms. The third-order valence-corrected chi connectivity index (χ3v) is 5.08. The predicted molar refractivity (Wildman–Crippen MR) is 76.5 cm³/mol. The number of sulfonamides is 1. The molecule has 19 heavy (non-hydrogen) atoms. The summed E-state index contributed by atoms with van der Waals surface area (Å²) in [5.74, 6) is 0.542. The van der Waals surface area contributed by atoms with Gasteiger partial charge in [-0.05, 0) is 49.4 Å². The minimum Gasteiger partial charge on any atom is -0.313 e. The topological polar surface area (TPSA) is 58.2 Å². The highest BCUT2D eigenvalue weighted by atomic mass is 32.2. The number of benzene rings is 1. The molecule has 0 bridgehead atoms. The molecule has 0 amide bonds. The van der Waals surface area contributed by atoms with Crippen molar-refractivity contribution in [3.05, 3.63) is 29.3 Å². The maximum absolute atomic E-state index is 12.3. The minimum atomic E-state index is -3.37. The van der Waals surface area contributed by atoms with Crippen molar-refractivity contribution in [1.29, 1.82) is 0 Å². The Kier molecular flexibility index (Phi) is 4.60. The van der Waals surface area contributed by atoms with Gasteiger partial charge in [-0.15, -0.1) is 0 Å². The zero-order valence-electron chi connectivity index (χ0n) is 11.6. The molecule has 0 atom stereocenters. The second-order valence-electron chi connectivity index (χ2n) is 5.12. The zero-order chi connectivity index (χ0) is 13.9. The van der Waals surface area contributed by atoms with Crippen LogP contribution in [0.2, 0.25) is 0 Å². The summed E-state index contributed by atoms with van der Waals surface area (Å²) in [6.07, 6.45) is 2.28. The molecule has 1 fully saturated rings. The second-order valence-corrected chi connectivity index (χ2v) is 6.85. The molecule has 1 saturated carbocycles. The average molecular weight is 282 g/mol. The lowest BCUT2D eigenvalue weighted by atomic mass is 10.1. The summed E-state index contributed by atoms with van der Waals surface area (Å²) in [7, 11) is -3.37. The molecule has 0 spiro atoms. The van der Waals surface area contributed by atoms with E-state index in [0.717, 1.165) is 30.5 Å². The standard InChI is InChI=1S/C14H22N2O2S/c1-3-15-10-13-5-4-6-14(11(13)2)19(17,18)16-9-12-7-8-12/h4-6,12,15-16H,3,7-10H2,1-2H3. The molecular formula is C14H22N2O2S. The van der Waals surface area contributed by atoms with Crippen LogP contribution in [0.5, 0.6) is 0 Å². The van der Waals surface area contributed by atoms with Gasteiger partial charge in [-0.1, -0.05) is 19.1 Å². The van der Waals surface area contributed by atoms with Crippen molar-refractivity contribution in [3.63, 3.8) is 0 Å². The number of hydrogen-bond donors (Lipinski definition) is 2. The van der Waals surface area contributed by atoms with E-state index in [1.165, 1.54) is 0 Å². The highest BCUT2D eigenvalue weighted by Gasteiger charge is 2.25. The Bertz CT molecular complexity index is 536. The predicted octanol–water partition coefficient (Wildman–Crippen LogP) is 1.79. The van der Waals surface area contributed by atoms with E-state index in [2.05, 4.69) is 10.0 Å². The van der Waals surface area contributed by atoms with Crippen LogP contribution in [-0.2, 0) is 16.6 Å². The van der Waals surface area contributed by atoms with Crippen LogP contribution in [0.1, 0.15) is 30.9 Å². The van der Waals surface area contributed by atoms with Gasteiger partial charge in [0, 0.05) is 13.1 Å². The van der Waals surface area contributed by atoms with Crippen LogP contribution in [-0.4, -0.2) is 21.5 Å². The van der Waals surface area contributed by atoms with Gasteiger partial charge in [0.1, 0.15) is 0 Å². The highest BCUT2D eigenvalue weighted by Crippen LogP contribution is 2.28. The molecule has 1 aromatic carbocycles. The first-order valence-corrected chi connectivity index (χ1v) is 8.31. The molecule has 2 N–H and O–H groups in total. The first-order chi connectivity index (χ1) is 9.04. The fourth-order valence-corrected chi connectivity index (χ4v) is 3.43. The van der Waals surface area contributed by atoms with Gasteiger partial charge in [0.2, 0.25) is 10.0 Å². The Labute approximate surface area is 115 Å². The molecule has 0 heterocycles. The molecular weight excluding hydrogens is 260 g/mol. The normalized spacial score (nSPS) is 15.7. The Morgan fingerprint density at radius 3 is 2.68 bits per heavy atom. The van der Waals surface area contributed by atoms with Crippen LogP contribution >= 0.6 is 0 Å². The van der Waals surface area contributed by atoms with E-state index < -0.39 is 10.0 Å². The summed E-state index contributed by atoms with van der Waals surface area (Å²) in [6, 6.07) is 5.46. The summed E-state index contributed by atoms with van der Waals surface area (Å²) in [6.45, 7) is 6.05. The van der Waals surface area contributed by atoms with E-state index >= 15 is 0 Å². The average Bonchev–Trinajstić information content (AvgIpc) is 3.19. The van der Waals surface area contributed by atoms with Crippen molar-refractivity contribution < 1.29 is 8.42 Å². The van der Waals surface area contributed by atoms with Gasteiger partial charge < -0.3 is 5.32 Å². The van der Waals surface area contributed by atoms with Gasteiger partial charge in [-0.25, -0.2) is 13.1 Å². The molecule has 0 radical (unpaired) electrons. The Morgan fingerprint density at radius 1 is 1.32 bits per heavy atom. The molecule has 2 rings (SSSR count). The van der Waals surface area contributed by atoms with E-state index in [9.17, 15) is 8.42 Å². The van der Waals surface area contributed by atoms with Crippen LogP contribution in [0.3, 0.4) is 0 Å². The number of hydrogen-bond acceptors (Lipinski definition) is 3. The maximum atomic E-state index is 12.3. The third-order valence-electron chi connectivity index (χ3n) is 3.51. The SMILES string of the molecule is CCNCc1cccc(S(=O)(=O)NCC2CC2)c1C. The Balaban J connectivity index is 2.17. The quantitative estimate of drug-likeness (QED) is 0.801. The number of nitrogens with one attached hydrogen (secondary N) is 2. The van der Waals surface area contributed by atoms with E-state index in [-0.39, 0.29) is 0 Å². The molecule has 1 aromatic rings. The van der Waals surface area contributed by atoms with Crippen molar-refractivity contribution in [2.75, 3.05) is 13.1 Å². The van der Waals surface area contributed by atoms with Crippen LogP contribution in [0.15, 0.2) is 23.1 Å². The molecule has 1 aliphatic rings. The molecule has 0 aliphatic heterocycles. The van der Waals surface area contributed by atoms with E-state index in [4.69, 9.17) is 0 Å². The fraction of sp³-hybridized carbons (Fsp3) is 0.571. The number of rotatable bonds is 7. The lowest BCUT2D eigenvalue weighted by molar-refractivity contribution is 0.576. The molecule has 0 aromatic heterocycles. The molecule has 1 aliphatic carbocycles. The first kappa shape index (κ1) is 14.5. The van der Waals surface area contributed by atoms with Crippen molar-refractivity contribution in [1.82, 2.24) is 10.0 Å². The summed E-state index contributed by atoms with van der Waals surface area (Å²) >= 11 is 0. The van der Waals surface area contributed by atoms with E-state index in [0.29, 0.717) is 23.9 Å². The smallest absolute Gasteiger partial charge is 0.240 e. The van der Waals surface area contributed by atoms with Crippen LogP contribution in [0, 0.1) is 12.8 Å². The Morgan fingerprint density at radius 2 is 2.05 bits per heavy atom. The summed E-state index contributed by atoms with van der Waals surface area (Å²) in [5, 5.41) is 3.23. The highest BCUT2D eigenvalue weighted by molar-refractivity contribution is 7.89. The van der Waals surface area contributed by atoms with Gasteiger partial charge in [-0.3, -0.25) is 0 Å². The molecule has 4 nitrogen and oxygen atoms in total. The summed E-state index contributed by atoms with van der Waals surface area (Å²) in [4.78, 5) is 0.406. The second kappa shape index (κ2) is 6.03.